The standard InChI is InChI=1S/C20H21N3O2S/c24-20(21-12-15-13-23-10-4-3-9-19(23)22-15)17-7-1-2-8-18(17)26-14-16-6-5-11-25-16/h1-4,7-10,13,16H,5-6,11-12,14H2,(H,21,24)/t16-/m1/s1. The number of nitrogens with one attached hydrogen (secondary N) is 1. The van der Waals surface area contributed by atoms with E-state index < -0.39 is 0 Å². The number of imidazole rings is 1. The predicted molar refractivity (Wildman–Crippen MR) is 103 cm³/mol. The summed E-state index contributed by atoms with van der Waals surface area (Å²) >= 11 is 1.69. The first-order chi connectivity index (χ1) is 12.8. The van der Waals surface area contributed by atoms with Gasteiger partial charge in [0.05, 0.1) is 23.9 Å². The first kappa shape index (κ1) is 17.1. The van der Waals surface area contributed by atoms with Crippen LogP contribution in [-0.4, -0.2) is 33.8 Å². The van der Waals surface area contributed by atoms with Crippen LogP contribution in [0, 0.1) is 0 Å². The molecule has 0 spiro atoms. The van der Waals surface area contributed by atoms with Crippen molar-refractivity contribution in [1.82, 2.24) is 14.7 Å². The van der Waals surface area contributed by atoms with Crippen LogP contribution in [0.5, 0.6) is 0 Å². The van der Waals surface area contributed by atoms with Crippen LogP contribution in [0.2, 0.25) is 0 Å². The third-order valence-electron chi connectivity index (χ3n) is 4.42. The summed E-state index contributed by atoms with van der Waals surface area (Å²) in [6.07, 6.45) is 6.43. The summed E-state index contributed by atoms with van der Waals surface area (Å²) in [6, 6.07) is 13.6. The van der Waals surface area contributed by atoms with Crippen molar-refractivity contribution in [2.45, 2.75) is 30.4 Å². The molecule has 4 rings (SSSR count). The second-order valence-electron chi connectivity index (χ2n) is 6.32. The maximum Gasteiger partial charge on any atom is 0.252 e. The van der Waals surface area contributed by atoms with Gasteiger partial charge in [0.1, 0.15) is 5.65 Å². The van der Waals surface area contributed by atoms with E-state index in [2.05, 4.69) is 10.3 Å². The van der Waals surface area contributed by atoms with Crippen LogP contribution in [0.3, 0.4) is 0 Å². The molecule has 0 aliphatic carbocycles. The monoisotopic (exact) mass is 367 g/mol. The summed E-state index contributed by atoms with van der Waals surface area (Å²) in [5.41, 5.74) is 2.43. The van der Waals surface area contributed by atoms with Crippen LogP contribution in [0.1, 0.15) is 28.9 Å². The third-order valence-corrected chi connectivity index (χ3v) is 5.63. The lowest BCUT2D eigenvalue weighted by Gasteiger charge is -2.12. The molecule has 1 atom stereocenters. The van der Waals surface area contributed by atoms with Gasteiger partial charge in [-0.25, -0.2) is 4.98 Å². The van der Waals surface area contributed by atoms with Gasteiger partial charge in [0, 0.05) is 29.6 Å². The molecule has 0 radical (unpaired) electrons. The highest BCUT2D eigenvalue weighted by molar-refractivity contribution is 7.99. The zero-order valence-electron chi connectivity index (χ0n) is 14.4. The SMILES string of the molecule is O=C(NCc1cn2ccccc2n1)c1ccccc1SC[C@H]1CCCO1. The lowest BCUT2D eigenvalue weighted by atomic mass is 10.2. The van der Waals surface area contributed by atoms with E-state index in [1.54, 1.807) is 11.8 Å². The number of hydrogen-bond donors (Lipinski definition) is 1. The average Bonchev–Trinajstić information content (AvgIpc) is 3.33. The van der Waals surface area contributed by atoms with E-state index in [9.17, 15) is 4.79 Å². The summed E-state index contributed by atoms with van der Waals surface area (Å²) in [4.78, 5) is 18.2. The molecular formula is C20H21N3O2S. The number of benzene rings is 1. The third kappa shape index (κ3) is 3.92. The predicted octanol–water partition coefficient (Wildman–Crippen LogP) is 3.54. The molecule has 1 aromatic carbocycles. The Morgan fingerprint density at radius 3 is 3.00 bits per heavy atom. The highest BCUT2D eigenvalue weighted by Gasteiger charge is 2.18. The Morgan fingerprint density at radius 2 is 2.15 bits per heavy atom. The Labute approximate surface area is 156 Å². The van der Waals surface area contributed by atoms with Crippen molar-refractivity contribution >= 4 is 23.3 Å². The Hall–Kier alpha value is -2.31. The van der Waals surface area contributed by atoms with Crippen molar-refractivity contribution in [2.24, 2.45) is 0 Å². The van der Waals surface area contributed by atoms with Gasteiger partial charge >= 0.3 is 0 Å². The summed E-state index contributed by atoms with van der Waals surface area (Å²) in [5.74, 6) is 0.814. The molecule has 0 saturated carbocycles. The lowest BCUT2D eigenvalue weighted by molar-refractivity contribution is 0.0947. The summed E-state index contributed by atoms with van der Waals surface area (Å²) in [6.45, 7) is 1.26. The Balaban J connectivity index is 1.40. The molecule has 1 aliphatic heterocycles. The Morgan fingerprint density at radius 1 is 1.27 bits per heavy atom. The van der Waals surface area contributed by atoms with Crippen molar-refractivity contribution in [3.8, 4) is 0 Å². The van der Waals surface area contributed by atoms with Crippen molar-refractivity contribution < 1.29 is 9.53 Å². The lowest BCUT2D eigenvalue weighted by Crippen LogP contribution is -2.23. The molecule has 1 aliphatic rings. The molecule has 6 heteroatoms. The number of hydrogen-bond acceptors (Lipinski definition) is 4. The highest BCUT2D eigenvalue weighted by Crippen LogP contribution is 2.26. The van der Waals surface area contributed by atoms with Crippen LogP contribution in [0.25, 0.3) is 5.65 Å². The zero-order valence-corrected chi connectivity index (χ0v) is 15.2. The minimum Gasteiger partial charge on any atom is -0.377 e. The molecule has 0 bridgehead atoms. The molecule has 3 heterocycles. The van der Waals surface area contributed by atoms with Gasteiger partial charge in [-0.05, 0) is 37.1 Å². The number of fused-ring (bicyclic) bond motifs is 1. The van der Waals surface area contributed by atoms with Crippen molar-refractivity contribution in [3.05, 3.63) is 66.1 Å². The number of nitrogens with zero attached hydrogens (tertiary/aromatic N) is 2. The molecular weight excluding hydrogens is 346 g/mol. The number of ether oxygens (including phenoxy) is 1. The van der Waals surface area contributed by atoms with Crippen LogP contribution < -0.4 is 5.32 Å². The van der Waals surface area contributed by atoms with Gasteiger partial charge in [0.25, 0.3) is 5.91 Å². The molecule has 5 nitrogen and oxygen atoms in total. The number of carbonyl (C=O) groups excluding carboxylic acids is 1. The molecule has 1 fully saturated rings. The van der Waals surface area contributed by atoms with Gasteiger partial charge in [-0.3, -0.25) is 4.79 Å². The highest BCUT2D eigenvalue weighted by atomic mass is 32.2. The smallest absolute Gasteiger partial charge is 0.252 e. The number of pyridine rings is 1. The van der Waals surface area contributed by atoms with E-state index in [4.69, 9.17) is 4.74 Å². The van der Waals surface area contributed by atoms with E-state index in [0.717, 1.165) is 41.4 Å². The number of rotatable bonds is 6. The first-order valence-corrected chi connectivity index (χ1v) is 9.82. The van der Waals surface area contributed by atoms with Gasteiger partial charge in [-0.1, -0.05) is 18.2 Å². The zero-order chi connectivity index (χ0) is 17.8. The fourth-order valence-corrected chi connectivity index (χ4v) is 4.20. The summed E-state index contributed by atoms with van der Waals surface area (Å²) in [5, 5.41) is 2.99. The summed E-state index contributed by atoms with van der Waals surface area (Å²) in [7, 11) is 0. The number of carbonyl (C=O) groups is 1. The Kier molecular flexibility index (Phi) is 5.22. The molecule has 134 valence electrons. The van der Waals surface area contributed by atoms with Crippen LogP contribution in [0.15, 0.2) is 59.8 Å². The van der Waals surface area contributed by atoms with Gasteiger partial charge in [-0.2, -0.15) is 0 Å². The molecule has 1 saturated heterocycles. The van der Waals surface area contributed by atoms with E-state index in [0.29, 0.717) is 18.2 Å². The van der Waals surface area contributed by atoms with E-state index in [1.807, 2.05) is 59.3 Å². The van der Waals surface area contributed by atoms with E-state index in [1.165, 1.54) is 0 Å². The molecule has 1 N–H and O–H groups in total. The van der Waals surface area contributed by atoms with Gasteiger partial charge in [0.2, 0.25) is 0 Å². The van der Waals surface area contributed by atoms with Gasteiger partial charge < -0.3 is 14.5 Å². The molecule has 26 heavy (non-hydrogen) atoms. The first-order valence-electron chi connectivity index (χ1n) is 8.84. The van der Waals surface area contributed by atoms with Crippen molar-refractivity contribution in [3.63, 3.8) is 0 Å². The molecule has 2 aromatic heterocycles. The van der Waals surface area contributed by atoms with Crippen LogP contribution in [-0.2, 0) is 11.3 Å². The largest absolute Gasteiger partial charge is 0.377 e. The maximum absolute atomic E-state index is 12.7. The van der Waals surface area contributed by atoms with Crippen LogP contribution in [0.4, 0.5) is 0 Å². The van der Waals surface area contributed by atoms with Crippen molar-refractivity contribution in [2.75, 3.05) is 12.4 Å². The second kappa shape index (κ2) is 7.93. The fourth-order valence-electron chi connectivity index (χ4n) is 3.08. The van der Waals surface area contributed by atoms with Gasteiger partial charge in [0.15, 0.2) is 0 Å². The average molecular weight is 367 g/mol. The Bertz CT molecular complexity index is 870. The molecule has 3 aromatic rings. The van der Waals surface area contributed by atoms with E-state index >= 15 is 0 Å². The number of aromatic nitrogens is 2. The maximum atomic E-state index is 12.7. The number of thioether (sulfide) groups is 1. The summed E-state index contributed by atoms with van der Waals surface area (Å²) < 4.78 is 7.63. The molecule has 1 amide bonds. The molecule has 0 unspecified atom stereocenters. The number of amides is 1. The normalized spacial score (nSPS) is 16.8. The van der Waals surface area contributed by atoms with Gasteiger partial charge in [-0.15, -0.1) is 11.8 Å². The minimum absolute atomic E-state index is 0.0718. The topological polar surface area (TPSA) is 55.6 Å². The quantitative estimate of drug-likeness (QED) is 0.677. The minimum atomic E-state index is -0.0718. The van der Waals surface area contributed by atoms with Crippen LogP contribution >= 0.6 is 11.8 Å². The van der Waals surface area contributed by atoms with Crippen molar-refractivity contribution in [1.29, 1.82) is 0 Å². The van der Waals surface area contributed by atoms with E-state index in [-0.39, 0.29) is 5.91 Å². The second-order valence-corrected chi connectivity index (χ2v) is 7.39. The fraction of sp³-hybridized carbons (Fsp3) is 0.300.